The van der Waals surface area contributed by atoms with Gasteiger partial charge >= 0.3 is 0 Å². The zero-order chi connectivity index (χ0) is 13.2. The van der Waals surface area contributed by atoms with Gasteiger partial charge in [-0.2, -0.15) is 0 Å². The van der Waals surface area contributed by atoms with Crippen LogP contribution in [0.3, 0.4) is 0 Å². The van der Waals surface area contributed by atoms with Crippen LogP contribution < -0.4 is 5.73 Å². The van der Waals surface area contributed by atoms with Crippen molar-refractivity contribution in [2.45, 2.75) is 26.1 Å². The first kappa shape index (κ1) is 12.3. The lowest BCUT2D eigenvalue weighted by Gasteiger charge is -2.23. The summed E-state index contributed by atoms with van der Waals surface area (Å²) in [5.74, 6) is 0. The fourth-order valence-electron chi connectivity index (χ4n) is 2.93. The molecule has 0 fully saturated rings. The van der Waals surface area contributed by atoms with E-state index in [1.807, 2.05) is 18.5 Å². The summed E-state index contributed by atoms with van der Waals surface area (Å²) in [6, 6.07) is 11.0. The van der Waals surface area contributed by atoms with Crippen molar-refractivity contribution < 1.29 is 0 Å². The first-order chi connectivity index (χ1) is 9.29. The quantitative estimate of drug-likeness (QED) is 0.913. The second kappa shape index (κ2) is 5.11. The van der Waals surface area contributed by atoms with Gasteiger partial charge < -0.3 is 5.73 Å². The minimum Gasteiger partial charge on any atom is -0.329 e. The minimum absolute atomic E-state index is 0.329. The lowest BCUT2D eigenvalue weighted by molar-refractivity contribution is 0.210. The molecule has 2 heterocycles. The molecule has 2 N–H and O–H groups in total. The highest BCUT2D eigenvalue weighted by Gasteiger charge is 2.29. The van der Waals surface area contributed by atoms with Gasteiger partial charge in [0, 0.05) is 38.1 Å². The van der Waals surface area contributed by atoms with Crippen LogP contribution in [0.4, 0.5) is 0 Å². The van der Waals surface area contributed by atoms with Crippen LogP contribution in [0.25, 0.3) is 0 Å². The Bertz CT molecular complexity index is 565. The molecule has 0 bridgehead atoms. The lowest BCUT2D eigenvalue weighted by atomic mass is 10.0. The van der Waals surface area contributed by atoms with Gasteiger partial charge in [-0.25, -0.2) is 0 Å². The number of fused-ring (bicyclic) bond motifs is 1. The maximum atomic E-state index is 5.99. The van der Waals surface area contributed by atoms with Crippen LogP contribution in [0.2, 0.25) is 0 Å². The molecule has 1 aromatic carbocycles. The number of aryl methyl sites for hydroxylation is 1. The van der Waals surface area contributed by atoms with Crippen LogP contribution in [0.15, 0.2) is 42.7 Å². The summed E-state index contributed by atoms with van der Waals surface area (Å²) < 4.78 is 0. The van der Waals surface area contributed by atoms with Gasteiger partial charge in [0.25, 0.3) is 0 Å². The number of hydrogen-bond donors (Lipinski definition) is 1. The lowest BCUT2D eigenvalue weighted by Crippen LogP contribution is -2.27. The van der Waals surface area contributed by atoms with Crippen molar-refractivity contribution >= 4 is 0 Å². The van der Waals surface area contributed by atoms with E-state index in [9.17, 15) is 0 Å². The Hall–Kier alpha value is -1.71. The first-order valence-corrected chi connectivity index (χ1v) is 6.71. The number of aromatic nitrogens is 1. The Morgan fingerprint density at radius 3 is 2.95 bits per heavy atom. The zero-order valence-electron chi connectivity index (χ0n) is 11.2. The van der Waals surface area contributed by atoms with E-state index in [-0.39, 0.29) is 0 Å². The van der Waals surface area contributed by atoms with Gasteiger partial charge in [0.1, 0.15) is 0 Å². The summed E-state index contributed by atoms with van der Waals surface area (Å²) in [6.07, 6.45) is 3.75. The highest BCUT2D eigenvalue weighted by molar-refractivity contribution is 5.40. The van der Waals surface area contributed by atoms with E-state index in [0.29, 0.717) is 12.6 Å². The molecule has 0 aliphatic carbocycles. The van der Waals surface area contributed by atoms with E-state index in [0.717, 1.165) is 13.1 Å². The molecule has 0 radical (unpaired) electrons. The molecule has 1 aromatic heterocycles. The van der Waals surface area contributed by atoms with Gasteiger partial charge in [-0.1, -0.05) is 24.3 Å². The van der Waals surface area contributed by atoms with Crippen LogP contribution in [0.5, 0.6) is 0 Å². The summed E-state index contributed by atoms with van der Waals surface area (Å²) in [5, 5.41) is 0. The first-order valence-electron chi connectivity index (χ1n) is 6.71. The molecule has 1 aliphatic rings. The largest absolute Gasteiger partial charge is 0.329 e. The monoisotopic (exact) mass is 253 g/mol. The minimum atomic E-state index is 0.329. The van der Waals surface area contributed by atoms with E-state index in [1.165, 1.54) is 22.3 Å². The molecule has 1 unspecified atom stereocenters. The van der Waals surface area contributed by atoms with Gasteiger partial charge in [0.2, 0.25) is 0 Å². The third kappa shape index (κ3) is 2.27. The summed E-state index contributed by atoms with van der Waals surface area (Å²) in [4.78, 5) is 6.63. The predicted octanol–water partition coefficient (Wildman–Crippen LogP) is 2.41. The van der Waals surface area contributed by atoms with Crippen molar-refractivity contribution in [3.63, 3.8) is 0 Å². The molecular formula is C16H19N3. The van der Waals surface area contributed by atoms with Crippen molar-refractivity contribution in [3.05, 3.63) is 65.0 Å². The normalized spacial score (nSPS) is 18.5. The van der Waals surface area contributed by atoms with Crippen LogP contribution in [-0.4, -0.2) is 16.4 Å². The van der Waals surface area contributed by atoms with Crippen LogP contribution >= 0.6 is 0 Å². The molecule has 3 rings (SSSR count). The molecule has 98 valence electrons. The summed E-state index contributed by atoms with van der Waals surface area (Å²) >= 11 is 0. The van der Waals surface area contributed by atoms with Crippen molar-refractivity contribution in [3.8, 4) is 0 Å². The molecule has 19 heavy (non-hydrogen) atoms. The molecule has 1 atom stereocenters. The Balaban J connectivity index is 1.88. The summed E-state index contributed by atoms with van der Waals surface area (Å²) in [6.45, 7) is 4.74. The second-order valence-corrected chi connectivity index (χ2v) is 5.16. The van der Waals surface area contributed by atoms with Gasteiger partial charge in [0.05, 0.1) is 0 Å². The number of hydrogen-bond acceptors (Lipinski definition) is 3. The molecule has 1 aliphatic heterocycles. The molecular weight excluding hydrogens is 234 g/mol. The maximum absolute atomic E-state index is 5.99. The van der Waals surface area contributed by atoms with Crippen LogP contribution in [-0.2, 0) is 13.1 Å². The summed E-state index contributed by atoms with van der Waals surface area (Å²) in [5.41, 5.74) is 11.4. The highest BCUT2D eigenvalue weighted by Crippen LogP contribution is 2.35. The van der Waals surface area contributed by atoms with E-state index in [4.69, 9.17) is 5.73 Å². The van der Waals surface area contributed by atoms with E-state index in [1.54, 1.807) is 0 Å². The average molecular weight is 253 g/mol. The number of benzene rings is 1. The van der Waals surface area contributed by atoms with Crippen molar-refractivity contribution in [2.75, 3.05) is 6.54 Å². The van der Waals surface area contributed by atoms with E-state index >= 15 is 0 Å². The molecule has 0 spiro atoms. The third-order valence-corrected chi connectivity index (χ3v) is 3.94. The Kier molecular flexibility index (Phi) is 3.32. The van der Waals surface area contributed by atoms with Crippen LogP contribution in [0, 0.1) is 6.92 Å². The fourth-order valence-corrected chi connectivity index (χ4v) is 2.93. The highest BCUT2D eigenvalue weighted by atomic mass is 15.2. The second-order valence-electron chi connectivity index (χ2n) is 5.16. The predicted molar refractivity (Wildman–Crippen MR) is 76.5 cm³/mol. The molecule has 0 amide bonds. The Labute approximate surface area is 114 Å². The Morgan fingerprint density at radius 1 is 1.32 bits per heavy atom. The Morgan fingerprint density at radius 2 is 2.21 bits per heavy atom. The number of rotatable bonds is 3. The van der Waals surface area contributed by atoms with E-state index in [2.05, 4.69) is 41.1 Å². The number of pyridine rings is 1. The number of nitrogens with zero attached hydrogens (tertiary/aromatic N) is 2. The SMILES string of the molecule is Cc1cccc2c1CN(Cc1cccnc1)C2CN. The van der Waals surface area contributed by atoms with E-state index < -0.39 is 0 Å². The van der Waals surface area contributed by atoms with Gasteiger partial charge in [-0.15, -0.1) is 0 Å². The molecule has 0 saturated heterocycles. The average Bonchev–Trinajstić information content (AvgIpc) is 2.79. The van der Waals surface area contributed by atoms with Gasteiger partial charge in [-0.3, -0.25) is 9.88 Å². The van der Waals surface area contributed by atoms with Gasteiger partial charge in [0.15, 0.2) is 0 Å². The maximum Gasteiger partial charge on any atom is 0.0480 e. The summed E-state index contributed by atoms with van der Waals surface area (Å²) in [7, 11) is 0. The van der Waals surface area contributed by atoms with Crippen molar-refractivity contribution in [2.24, 2.45) is 5.73 Å². The molecule has 3 nitrogen and oxygen atoms in total. The van der Waals surface area contributed by atoms with Crippen molar-refractivity contribution in [1.29, 1.82) is 0 Å². The molecule has 2 aromatic rings. The zero-order valence-corrected chi connectivity index (χ0v) is 11.2. The van der Waals surface area contributed by atoms with Crippen LogP contribution in [0.1, 0.15) is 28.3 Å². The smallest absolute Gasteiger partial charge is 0.0480 e. The number of nitrogens with two attached hydrogens (primary N) is 1. The molecule has 0 saturated carbocycles. The van der Waals surface area contributed by atoms with Gasteiger partial charge in [-0.05, 0) is 35.2 Å². The van der Waals surface area contributed by atoms with Crippen molar-refractivity contribution in [1.82, 2.24) is 9.88 Å². The fraction of sp³-hybridized carbons (Fsp3) is 0.312. The standard InChI is InChI=1S/C16H19N3/c1-12-4-2-6-14-15(12)11-19(16(14)8-17)10-13-5-3-7-18-9-13/h2-7,9,16H,8,10-11,17H2,1H3. The third-order valence-electron chi connectivity index (χ3n) is 3.94. The molecule has 3 heteroatoms. The topological polar surface area (TPSA) is 42.2 Å².